The minimum absolute atomic E-state index is 0.141. The molecule has 0 atom stereocenters. The number of pyridine rings is 2. The maximum absolute atomic E-state index is 6.65. The van der Waals surface area contributed by atoms with Gasteiger partial charge in [0.2, 0.25) is 5.88 Å². The first kappa shape index (κ1) is 25.4. The number of anilines is 1. The zero-order chi connectivity index (χ0) is 25.7. The molecule has 0 N–H and O–H groups in total. The molecule has 6 rings (SSSR count). The zero-order valence-electron chi connectivity index (χ0n) is 22.6. The van der Waals surface area contributed by atoms with E-state index in [4.69, 9.17) is 24.2 Å². The molecule has 1 aliphatic carbocycles. The van der Waals surface area contributed by atoms with Crippen LogP contribution >= 0.6 is 0 Å². The molecule has 3 fully saturated rings. The van der Waals surface area contributed by atoms with Gasteiger partial charge in [0, 0.05) is 38.9 Å². The van der Waals surface area contributed by atoms with Gasteiger partial charge < -0.3 is 19.1 Å². The van der Waals surface area contributed by atoms with Crippen LogP contribution in [0.5, 0.6) is 11.6 Å². The third-order valence-corrected chi connectivity index (χ3v) is 8.21. The van der Waals surface area contributed by atoms with Crippen LogP contribution in [0, 0.1) is 0 Å². The van der Waals surface area contributed by atoms with E-state index < -0.39 is 0 Å². The van der Waals surface area contributed by atoms with E-state index in [0.29, 0.717) is 31.6 Å². The molecule has 38 heavy (non-hydrogen) atoms. The average molecular weight is 521 g/mol. The Labute approximate surface area is 225 Å². The molecule has 3 aromatic heterocycles. The molecule has 204 valence electrons. The molecule has 0 amide bonds. The summed E-state index contributed by atoms with van der Waals surface area (Å²) in [5, 5.41) is 5.29. The van der Waals surface area contributed by atoms with Crippen molar-refractivity contribution in [1.29, 1.82) is 0 Å². The van der Waals surface area contributed by atoms with E-state index in [-0.39, 0.29) is 6.10 Å². The molecule has 9 nitrogen and oxygen atoms in total. The van der Waals surface area contributed by atoms with Crippen LogP contribution in [0.25, 0.3) is 10.9 Å². The minimum Gasteiger partial charge on any atom is -0.491 e. The van der Waals surface area contributed by atoms with Crippen molar-refractivity contribution in [3.8, 4) is 11.6 Å². The summed E-state index contributed by atoms with van der Waals surface area (Å²) in [6, 6.07) is 4.13. The summed E-state index contributed by atoms with van der Waals surface area (Å²) in [6.07, 6.45) is 14.3. The fourth-order valence-corrected chi connectivity index (χ4v) is 5.98. The van der Waals surface area contributed by atoms with Crippen molar-refractivity contribution in [3.05, 3.63) is 36.3 Å². The number of likely N-dealkylation sites (tertiary alicyclic amines) is 1. The van der Waals surface area contributed by atoms with Crippen molar-refractivity contribution >= 4 is 16.7 Å². The number of morpholine rings is 1. The number of aryl methyl sites for hydroxylation is 1. The number of piperidine rings is 1. The van der Waals surface area contributed by atoms with Gasteiger partial charge in [0.1, 0.15) is 24.3 Å². The highest BCUT2D eigenvalue weighted by Gasteiger charge is 2.26. The van der Waals surface area contributed by atoms with E-state index in [1.807, 2.05) is 24.1 Å². The van der Waals surface area contributed by atoms with E-state index in [1.54, 1.807) is 0 Å². The number of hydrogen-bond donors (Lipinski definition) is 0. The van der Waals surface area contributed by atoms with E-state index in [1.165, 1.54) is 37.9 Å². The highest BCUT2D eigenvalue weighted by atomic mass is 16.5. The number of hydrogen-bond acceptors (Lipinski definition) is 8. The van der Waals surface area contributed by atoms with E-state index in [0.717, 1.165) is 67.8 Å². The Morgan fingerprint density at radius 2 is 1.79 bits per heavy atom. The highest BCUT2D eigenvalue weighted by molar-refractivity contribution is 5.87. The van der Waals surface area contributed by atoms with Crippen LogP contribution in [0.1, 0.15) is 56.4 Å². The molecule has 1 saturated carbocycles. The molecule has 5 heterocycles. The molecular weight excluding hydrogens is 480 g/mol. The molecule has 0 spiro atoms. The summed E-state index contributed by atoms with van der Waals surface area (Å²) in [4.78, 5) is 14.6. The van der Waals surface area contributed by atoms with E-state index in [2.05, 4.69) is 33.2 Å². The summed E-state index contributed by atoms with van der Waals surface area (Å²) >= 11 is 0. The lowest BCUT2D eigenvalue weighted by molar-refractivity contribution is 0.122. The third-order valence-electron chi connectivity index (χ3n) is 8.21. The first-order valence-corrected chi connectivity index (χ1v) is 14.3. The standard InChI is InChI=1S/C29H40N6O3/c1-33-21-23(19-31-33)22-5-7-24(8-6-22)38-29-26-17-25(37-16-11-34-9-3-2-4-10-34)20-30-27(26)18-28(32-29)35-12-14-36-15-13-35/h17-22,24H,2-16H2,1H3/t22-,24+. The fourth-order valence-electron chi connectivity index (χ4n) is 5.98. The van der Waals surface area contributed by atoms with Gasteiger partial charge in [-0.25, -0.2) is 0 Å². The molecular formula is C29H40N6O3. The van der Waals surface area contributed by atoms with Crippen LogP contribution in [0.3, 0.4) is 0 Å². The van der Waals surface area contributed by atoms with Gasteiger partial charge in [0.15, 0.2) is 0 Å². The minimum atomic E-state index is 0.141. The lowest BCUT2D eigenvalue weighted by Crippen LogP contribution is -2.36. The van der Waals surface area contributed by atoms with Gasteiger partial charge in [-0.3, -0.25) is 14.6 Å². The molecule has 0 radical (unpaired) electrons. The van der Waals surface area contributed by atoms with Crippen molar-refractivity contribution in [2.24, 2.45) is 7.05 Å². The van der Waals surface area contributed by atoms with Crippen LogP contribution in [0.15, 0.2) is 30.7 Å². The van der Waals surface area contributed by atoms with Crippen LogP contribution in [-0.2, 0) is 11.8 Å². The van der Waals surface area contributed by atoms with Crippen LogP contribution in [0.2, 0.25) is 0 Å². The largest absolute Gasteiger partial charge is 0.491 e. The van der Waals surface area contributed by atoms with Gasteiger partial charge >= 0.3 is 0 Å². The lowest BCUT2D eigenvalue weighted by atomic mass is 9.84. The fraction of sp³-hybridized carbons (Fsp3) is 0.621. The quantitative estimate of drug-likeness (QED) is 0.438. The van der Waals surface area contributed by atoms with Crippen molar-refractivity contribution in [2.75, 3.05) is 57.4 Å². The van der Waals surface area contributed by atoms with Crippen LogP contribution < -0.4 is 14.4 Å². The lowest BCUT2D eigenvalue weighted by Gasteiger charge is -2.30. The van der Waals surface area contributed by atoms with Gasteiger partial charge in [-0.1, -0.05) is 6.42 Å². The monoisotopic (exact) mass is 520 g/mol. The second-order valence-corrected chi connectivity index (χ2v) is 10.9. The Hall–Kier alpha value is -2.91. The Balaban J connectivity index is 1.18. The first-order valence-electron chi connectivity index (χ1n) is 14.3. The average Bonchev–Trinajstić information content (AvgIpc) is 3.41. The van der Waals surface area contributed by atoms with Crippen molar-refractivity contribution < 1.29 is 14.2 Å². The number of ether oxygens (including phenoxy) is 3. The normalized spacial score (nSPS) is 23.0. The molecule has 2 aliphatic heterocycles. The maximum atomic E-state index is 6.65. The smallest absolute Gasteiger partial charge is 0.225 e. The van der Waals surface area contributed by atoms with Gasteiger partial charge in [-0.05, 0) is 69.2 Å². The number of rotatable bonds is 8. The van der Waals surface area contributed by atoms with Crippen LogP contribution in [0.4, 0.5) is 5.82 Å². The van der Waals surface area contributed by atoms with Gasteiger partial charge in [-0.2, -0.15) is 10.1 Å². The summed E-state index contributed by atoms with van der Waals surface area (Å²) in [6.45, 7) is 7.05. The van der Waals surface area contributed by atoms with E-state index >= 15 is 0 Å². The van der Waals surface area contributed by atoms with Crippen LogP contribution in [-0.4, -0.2) is 83.3 Å². The van der Waals surface area contributed by atoms with Crippen molar-refractivity contribution in [2.45, 2.75) is 57.0 Å². The molecule has 3 aliphatic rings. The Kier molecular flexibility index (Phi) is 7.92. The predicted molar refractivity (Wildman–Crippen MR) is 147 cm³/mol. The predicted octanol–water partition coefficient (Wildman–Crippen LogP) is 4.17. The summed E-state index contributed by atoms with van der Waals surface area (Å²) in [5.74, 6) is 2.91. The molecule has 3 aromatic rings. The van der Waals surface area contributed by atoms with Crippen molar-refractivity contribution in [1.82, 2.24) is 24.6 Å². The molecule has 2 saturated heterocycles. The molecule has 0 aromatic carbocycles. The van der Waals surface area contributed by atoms with Gasteiger partial charge in [0.25, 0.3) is 0 Å². The molecule has 0 unspecified atom stereocenters. The zero-order valence-corrected chi connectivity index (χ0v) is 22.6. The summed E-state index contributed by atoms with van der Waals surface area (Å²) in [5.41, 5.74) is 2.23. The third kappa shape index (κ3) is 6.04. The van der Waals surface area contributed by atoms with Gasteiger partial charge in [0.05, 0.1) is 36.5 Å². The van der Waals surface area contributed by atoms with Crippen molar-refractivity contribution in [3.63, 3.8) is 0 Å². The molecule has 0 bridgehead atoms. The highest BCUT2D eigenvalue weighted by Crippen LogP contribution is 2.36. The second-order valence-electron chi connectivity index (χ2n) is 10.9. The maximum Gasteiger partial charge on any atom is 0.225 e. The Morgan fingerprint density at radius 3 is 2.55 bits per heavy atom. The Bertz CT molecular complexity index is 1200. The van der Waals surface area contributed by atoms with Gasteiger partial charge in [-0.15, -0.1) is 0 Å². The number of aromatic nitrogens is 4. The number of nitrogens with zero attached hydrogens (tertiary/aromatic N) is 6. The summed E-state index contributed by atoms with van der Waals surface area (Å²) < 4.78 is 20.3. The summed E-state index contributed by atoms with van der Waals surface area (Å²) in [7, 11) is 1.98. The first-order chi connectivity index (χ1) is 18.7. The SMILES string of the molecule is Cn1cc([C@H]2CC[C@@H](Oc3nc(N4CCOCC4)cc4ncc(OCCN5CCCCC5)cc34)CC2)cn1. The number of fused-ring (bicyclic) bond motifs is 1. The molecule has 9 heteroatoms. The van der Waals surface area contributed by atoms with E-state index in [9.17, 15) is 0 Å². The second kappa shape index (κ2) is 11.9. The topological polar surface area (TPSA) is 77.8 Å². The Morgan fingerprint density at radius 1 is 0.974 bits per heavy atom.